The van der Waals surface area contributed by atoms with Crippen LogP contribution in [0.1, 0.15) is 62.1 Å². The molecule has 3 aromatic rings. The fraction of sp³-hybridized carbons (Fsp3) is 0.460. The van der Waals surface area contributed by atoms with Crippen LogP contribution >= 0.6 is 33.2 Å². The molecule has 0 unspecified atom stereocenters. The number of primary amides is 2. The average Bonchev–Trinajstić information content (AvgIpc) is 3.38. The molecule has 420 valence electrons. The minimum atomic E-state index is -1.75. The topological polar surface area (TPSA) is 415 Å². The fourth-order valence-corrected chi connectivity index (χ4v) is 10.2. The molecule has 3 aromatic carbocycles. The number of rotatable bonds is 21. The molecule has 24 nitrogen and oxygen atoms in total. The van der Waals surface area contributed by atoms with Gasteiger partial charge in [-0.05, 0) is 98.7 Å². The molecule has 0 saturated carbocycles. The Labute approximate surface area is 458 Å². The van der Waals surface area contributed by atoms with Gasteiger partial charge in [0.25, 0.3) is 0 Å². The number of carbonyl (C=O) groups is 9. The number of unbranched alkanes of at least 4 members (excludes halogenated alkanes) is 2. The zero-order valence-electron chi connectivity index (χ0n) is 42.3. The Morgan fingerprint density at radius 2 is 1.21 bits per heavy atom. The van der Waals surface area contributed by atoms with Gasteiger partial charge in [0.05, 0.1) is 12.1 Å². The number of halogens is 1. The van der Waals surface area contributed by atoms with E-state index in [1.807, 2.05) is 0 Å². The summed E-state index contributed by atoms with van der Waals surface area (Å²) in [6.07, 6.45) is -0.576. The number of benzene rings is 3. The summed E-state index contributed by atoms with van der Waals surface area (Å²) in [5.74, 6) is -7.97. The molecule has 0 aliphatic carbocycles. The summed E-state index contributed by atoms with van der Waals surface area (Å²) in [5, 5.41) is 51.9. The molecule has 1 saturated heterocycles. The van der Waals surface area contributed by atoms with Crippen LogP contribution in [0.25, 0.3) is 0 Å². The van der Waals surface area contributed by atoms with Crippen LogP contribution < -0.4 is 65.5 Å². The zero-order chi connectivity index (χ0) is 56.6. The van der Waals surface area contributed by atoms with Gasteiger partial charge in [0.1, 0.15) is 53.8 Å². The lowest BCUT2D eigenvalue weighted by Crippen LogP contribution is -2.62. The smallest absolute Gasteiger partial charge is 0.312 e. The molecule has 1 fully saturated rings. The summed E-state index contributed by atoms with van der Waals surface area (Å²) in [6, 6.07) is 5.67. The van der Waals surface area contributed by atoms with Gasteiger partial charge in [0, 0.05) is 35.9 Å². The van der Waals surface area contributed by atoms with Crippen molar-refractivity contribution in [2.24, 2.45) is 22.9 Å². The molecule has 9 atom stereocenters. The van der Waals surface area contributed by atoms with Crippen LogP contribution in [0.3, 0.4) is 0 Å². The quantitative estimate of drug-likeness (QED) is 0.0437. The third kappa shape index (κ3) is 22.0. The van der Waals surface area contributed by atoms with E-state index >= 15 is 0 Å². The number of aliphatic hydroxyl groups is 1. The monoisotopic (exact) mass is 1130 g/mol. The van der Waals surface area contributed by atoms with Gasteiger partial charge in [-0.3, -0.25) is 38.4 Å². The van der Waals surface area contributed by atoms with Crippen molar-refractivity contribution in [3.05, 3.63) is 94.5 Å². The van der Waals surface area contributed by atoms with Crippen LogP contribution in [0.15, 0.2) is 72.8 Å². The number of aromatic hydroxyl groups is 2. The van der Waals surface area contributed by atoms with E-state index in [4.69, 9.17) is 34.5 Å². The number of amides is 10. The highest BCUT2D eigenvalue weighted by molar-refractivity contribution is 8.76. The number of carbonyl (C=O) groups excluding carboxylic acids is 9. The first-order valence-electron chi connectivity index (χ1n) is 24.8. The first-order valence-corrected chi connectivity index (χ1v) is 27.6. The molecule has 1 heterocycles. The van der Waals surface area contributed by atoms with E-state index in [9.17, 15) is 58.5 Å². The highest BCUT2D eigenvalue weighted by Gasteiger charge is 2.36. The summed E-state index contributed by atoms with van der Waals surface area (Å²) < 4.78 is 0. The standard InChI is InChI=1S/C50H69ClN12O12S2/c1-27(64)41-49(74)62-40(47(72)59-37(42(54)67)23-29-10-16-32(65)17-11-29)26-77-76-25-39(61-43(68)34(53)22-28-8-14-31(51)15-9-28)48(73)60-38(24-30-12-18-33(66)19-13-30)46(71)58-36(7-5-21-56-50(55)75)44(69)57-35(45(70)63-41)6-3-2-4-20-52/h8-19,27,34-41,64-66H,2-7,20-26,52-53H2,1H3,(H2,54,67)(H,57,69)(H,58,71)(H,59,72)(H,60,73)(H,61,68)(H,62,74)(H,63,70)(H3,55,56,75)/t27-,34+,35+,36-,37-,38+,39-,40+,41+/m1/s1. The van der Waals surface area contributed by atoms with Crippen LogP contribution in [-0.4, -0.2) is 148 Å². The Balaban J connectivity index is 1.80. The lowest BCUT2D eigenvalue weighted by molar-refractivity contribution is -0.136. The normalized spacial score (nSPS) is 21.3. The average molecular weight is 1130 g/mol. The number of nitrogens with one attached hydrogen (secondary N) is 8. The third-order valence-electron chi connectivity index (χ3n) is 12.1. The number of phenols is 2. The van der Waals surface area contributed by atoms with Gasteiger partial charge in [-0.25, -0.2) is 4.79 Å². The molecule has 0 bridgehead atoms. The van der Waals surface area contributed by atoms with Crippen LogP contribution in [0, 0.1) is 0 Å². The molecule has 0 radical (unpaired) electrons. The predicted molar refractivity (Wildman–Crippen MR) is 290 cm³/mol. The zero-order valence-corrected chi connectivity index (χ0v) is 44.7. The van der Waals surface area contributed by atoms with E-state index in [-0.39, 0.29) is 68.1 Å². The van der Waals surface area contributed by atoms with Gasteiger partial charge in [-0.2, -0.15) is 0 Å². The number of hydrogen-bond donors (Lipinski definition) is 15. The van der Waals surface area contributed by atoms with Gasteiger partial charge in [-0.15, -0.1) is 0 Å². The van der Waals surface area contributed by atoms with E-state index in [1.165, 1.54) is 55.5 Å². The number of aliphatic hydroxyl groups excluding tert-OH is 1. The molecule has 4 rings (SSSR count). The second kappa shape index (κ2) is 32.0. The van der Waals surface area contributed by atoms with Gasteiger partial charge in [0.15, 0.2) is 0 Å². The maximum atomic E-state index is 14.6. The summed E-state index contributed by atoms with van der Waals surface area (Å²) in [5.41, 5.74) is 24.7. The highest BCUT2D eigenvalue weighted by atomic mass is 35.5. The highest BCUT2D eigenvalue weighted by Crippen LogP contribution is 2.24. The Hall–Kier alpha value is -6.84. The van der Waals surface area contributed by atoms with E-state index < -0.39 is 108 Å². The molecular formula is C50H69ClN12O12S2. The maximum absolute atomic E-state index is 14.6. The number of nitrogens with two attached hydrogens (primary N) is 4. The summed E-state index contributed by atoms with van der Waals surface area (Å²) >= 11 is 6.05. The molecule has 1 aliphatic rings. The number of phenolic OH excluding ortho intramolecular Hbond substituents is 2. The number of urea groups is 1. The maximum Gasteiger partial charge on any atom is 0.312 e. The molecule has 0 aromatic heterocycles. The lowest BCUT2D eigenvalue weighted by atomic mass is 10.0. The van der Waals surface area contributed by atoms with Crippen LogP contribution in [-0.2, 0) is 57.6 Å². The minimum absolute atomic E-state index is 0.0138. The van der Waals surface area contributed by atoms with Crippen molar-refractivity contribution in [1.82, 2.24) is 42.5 Å². The van der Waals surface area contributed by atoms with Crippen LogP contribution in [0.4, 0.5) is 4.79 Å². The van der Waals surface area contributed by atoms with Gasteiger partial charge < -0.3 is 80.8 Å². The van der Waals surface area contributed by atoms with Crippen molar-refractivity contribution in [1.29, 1.82) is 0 Å². The Morgan fingerprint density at radius 3 is 1.79 bits per heavy atom. The summed E-state index contributed by atoms with van der Waals surface area (Å²) in [7, 11) is 1.90. The summed E-state index contributed by atoms with van der Waals surface area (Å²) in [4.78, 5) is 124. The van der Waals surface area contributed by atoms with Crippen molar-refractivity contribution >= 4 is 86.5 Å². The lowest BCUT2D eigenvalue weighted by Gasteiger charge is -2.29. The van der Waals surface area contributed by atoms with Crippen molar-refractivity contribution in [2.45, 2.75) is 119 Å². The van der Waals surface area contributed by atoms with Crippen molar-refractivity contribution < 1.29 is 58.5 Å². The third-order valence-corrected chi connectivity index (χ3v) is 14.7. The van der Waals surface area contributed by atoms with E-state index in [0.717, 1.165) is 21.6 Å². The van der Waals surface area contributed by atoms with Crippen molar-refractivity contribution in [3.63, 3.8) is 0 Å². The van der Waals surface area contributed by atoms with Crippen molar-refractivity contribution in [2.75, 3.05) is 24.6 Å². The predicted octanol–water partition coefficient (Wildman–Crippen LogP) is -1.27. The molecule has 27 heteroatoms. The molecule has 10 amide bonds. The first kappa shape index (κ1) is 62.7. The molecule has 0 spiro atoms. The number of hydrogen-bond acceptors (Lipinski definition) is 16. The SMILES string of the molecule is C[C@@H](O)[C@@H]1NC(=O)[C@H](CCCCCN)NC(=O)[C@@H](CCCNC(N)=O)NC(=O)[C@H](Cc2ccc(O)cc2)NC(=O)[C@H](NC(=O)[C@@H](N)Cc2ccc(Cl)cc2)CSSC[C@@H](C(=O)N[C@H](Cc2ccc(O)cc2)C(N)=O)NC1=O. The Kier molecular flexibility index (Phi) is 26.1. The fourth-order valence-electron chi connectivity index (χ4n) is 7.75. The largest absolute Gasteiger partial charge is 0.508 e. The van der Waals surface area contributed by atoms with Gasteiger partial charge in [0.2, 0.25) is 47.3 Å². The molecular weight excluding hydrogens is 1060 g/mol. The second-order valence-corrected chi connectivity index (χ2v) is 21.3. The van der Waals surface area contributed by atoms with Crippen LogP contribution in [0.2, 0.25) is 5.02 Å². The minimum Gasteiger partial charge on any atom is -0.508 e. The Morgan fingerprint density at radius 1 is 0.675 bits per heavy atom. The van der Waals surface area contributed by atoms with Crippen LogP contribution in [0.5, 0.6) is 11.5 Å². The van der Waals surface area contributed by atoms with E-state index in [1.54, 1.807) is 24.3 Å². The van der Waals surface area contributed by atoms with Gasteiger partial charge in [-0.1, -0.05) is 82.4 Å². The second-order valence-electron chi connectivity index (χ2n) is 18.3. The van der Waals surface area contributed by atoms with E-state index in [0.29, 0.717) is 47.5 Å². The first-order chi connectivity index (χ1) is 36.6. The summed E-state index contributed by atoms with van der Waals surface area (Å²) in [6.45, 7) is 1.50. The molecule has 1 aliphatic heterocycles. The Bertz CT molecular complexity index is 2480. The van der Waals surface area contributed by atoms with E-state index in [2.05, 4.69) is 42.5 Å². The molecule has 77 heavy (non-hydrogen) atoms. The van der Waals surface area contributed by atoms with Gasteiger partial charge >= 0.3 is 6.03 Å². The molecule has 19 N–H and O–H groups in total. The van der Waals surface area contributed by atoms with Crippen molar-refractivity contribution in [3.8, 4) is 11.5 Å².